The number of benzene rings is 1. The molecule has 0 aliphatic heterocycles. The van der Waals surface area contributed by atoms with Gasteiger partial charge in [0, 0.05) is 29.7 Å². The molecule has 5 nitrogen and oxygen atoms in total. The Hall–Kier alpha value is -1.21. The third-order valence-corrected chi connectivity index (χ3v) is 3.78. The number of hydrogen-bond acceptors (Lipinski definition) is 4. The molecule has 1 aromatic carbocycles. The van der Waals surface area contributed by atoms with Crippen LogP contribution in [0.2, 0.25) is 5.02 Å². The molecule has 0 saturated heterocycles. The Morgan fingerprint density at radius 3 is 2.84 bits per heavy atom. The van der Waals surface area contributed by atoms with Crippen molar-refractivity contribution in [2.75, 3.05) is 12.3 Å². The molecule has 0 bridgehead atoms. The van der Waals surface area contributed by atoms with Crippen LogP contribution in [0.1, 0.15) is 5.56 Å². The van der Waals surface area contributed by atoms with Gasteiger partial charge in [-0.3, -0.25) is 4.98 Å². The molecule has 19 heavy (non-hydrogen) atoms. The maximum Gasteiger partial charge on any atom is 0.210 e. The van der Waals surface area contributed by atoms with Crippen LogP contribution >= 0.6 is 11.6 Å². The molecule has 0 radical (unpaired) electrons. The van der Waals surface area contributed by atoms with E-state index in [-0.39, 0.29) is 5.75 Å². The maximum atomic E-state index is 10.8. The van der Waals surface area contributed by atoms with Crippen LogP contribution in [-0.4, -0.2) is 25.7 Å². The molecule has 1 heterocycles. The minimum atomic E-state index is -3.43. The zero-order valence-corrected chi connectivity index (χ0v) is 11.7. The number of hydrogen-bond donors (Lipinski definition) is 2. The van der Waals surface area contributed by atoms with Gasteiger partial charge in [-0.2, -0.15) is 0 Å². The van der Waals surface area contributed by atoms with Crippen molar-refractivity contribution in [1.82, 2.24) is 10.3 Å². The third kappa shape index (κ3) is 3.87. The molecule has 102 valence electrons. The van der Waals surface area contributed by atoms with E-state index in [9.17, 15) is 8.42 Å². The fourth-order valence-electron chi connectivity index (χ4n) is 1.78. The molecule has 0 fully saturated rings. The quantitative estimate of drug-likeness (QED) is 0.814. The molecule has 7 heteroatoms. The number of primary sulfonamides is 1. The summed E-state index contributed by atoms with van der Waals surface area (Å²) in [5.74, 6) is -0.0913. The molecule has 3 N–H and O–H groups in total. The Bertz CT molecular complexity index is 688. The van der Waals surface area contributed by atoms with Crippen molar-refractivity contribution in [3.8, 4) is 0 Å². The largest absolute Gasteiger partial charge is 0.312 e. The molecule has 0 atom stereocenters. The van der Waals surface area contributed by atoms with Crippen molar-refractivity contribution in [2.45, 2.75) is 6.54 Å². The lowest BCUT2D eigenvalue weighted by Gasteiger charge is -2.08. The number of nitrogens with zero attached hydrogens (tertiary/aromatic N) is 1. The lowest BCUT2D eigenvalue weighted by atomic mass is 10.1. The first-order valence-electron chi connectivity index (χ1n) is 5.71. The second-order valence-electron chi connectivity index (χ2n) is 4.15. The van der Waals surface area contributed by atoms with Crippen LogP contribution in [-0.2, 0) is 16.6 Å². The summed E-state index contributed by atoms with van der Waals surface area (Å²) in [7, 11) is -3.43. The van der Waals surface area contributed by atoms with Gasteiger partial charge in [-0.05, 0) is 23.8 Å². The summed E-state index contributed by atoms with van der Waals surface area (Å²) in [5, 5.41) is 9.49. The topological polar surface area (TPSA) is 85.1 Å². The van der Waals surface area contributed by atoms with Gasteiger partial charge in [0.2, 0.25) is 10.0 Å². The van der Waals surface area contributed by atoms with E-state index < -0.39 is 10.0 Å². The van der Waals surface area contributed by atoms with E-state index in [0.29, 0.717) is 18.1 Å². The van der Waals surface area contributed by atoms with Crippen molar-refractivity contribution < 1.29 is 8.42 Å². The number of fused-ring (bicyclic) bond motifs is 1. The number of nitrogens with two attached hydrogens (primary N) is 1. The first kappa shape index (κ1) is 14.2. The minimum absolute atomic E-state index is 0.0913. The molecule has 0 unspecified atom stereocenters. The average molecular weight is 300 g/mol. The second kappa shape index (κ2) is 5.83. The Labute approximate surface area is 116 Å². The molecule has 1 aromatic heterocycles. The van der Waals surface area contributed by atoms with Crippen LogP contribution in [0.4, 0.5) is 0 Å². The smallest absolute Gasteiger partial charge is 0.210 e. The predicted octanol–water partition coefficient (Wildman–Crippen LogP) is 1.27. The fourth-order valence-corrected chi connectivity index (χ4v) is 2.42. The van der Waals surface area contributed by atoms with Gasteiger partial charge in [-0.1, -0.05) is 17.7 Å². The van der Waals surface area contributed by atoms with E-state index in [1.807, 2.05) is 24.3 Å². The summed E-state index contributed by atoms with van der Waals surface area (Å²) in [6.07, 6.45) is 1.70. The average Bonchev–Trinajstić information content (AvgIpc) is 2.36. The van der Waals surface area contributed by atoms with E-state index >= 15 is 0 Å². The van der Waals surface area contributed by atoms with Gasteiger partial charge in [-0.25, -0.2) is 13.6 Å². The highest BCUT2D eigenvalue weighted by atomic mass is 35.5. The highest BCUT2D eigenvalue weighted by molar-refractivity contribution is 7.89. The van der Waals surface area contributed by atoms with E-state index in [1.54, 1.807) is 6.20 Å². The number of rotatable bonds is 5. The molecule has 0 amide bonds. The second-order valence-corrected chi connectivity index (χ2v) is 6.29. The summed E-state index contributed by atoms with van der Waals surface area (Å²) in [6, 6.07) is 7.41. The van der Waals surface area contributed by atoms with Crippen LogP contribution in [0, 0.1) is 0 Å². The molecular formula is C12H14ClN3O2S. The van der Waals surface area contributed by atoms with E-state index in [4.69, 9.17) is 16.7 Å². The van der Waals surface area contributed by atoms with Gasteiger partial charge >= 0.3 is 0 Å². The first-order valence-corrected chi connectivity index (χ1v) is 7.80. The van der Waals surface area contributed by atoms with Gasteiger partial charge in [0.25, 0.3) is 0 Å². The molecule has 0 saturated carbocycles. The monoisotopic (exact) mass is 299 g/mol. The van der Waals surface area contributed by atoms with Crippen LogP contribution in [0.15, 0.2) is 30.5 Å². The van der Waals surface area contributed by atoms with Crippen molar-refractivity contribution in [3.63, 3.8) is 0 Å². The van der Waals surface area contributed by atoms with Crippen LogP contribution in [0.5, 0.6) is 0 Å². The zero-order valence-electron chi connectivity index (χ0n) is 10.1. The number of pyridine rings is 1. The standard InChI is InChI=1S/C12H14ClN3O2S/c13-11-4-3-9(8-15-6-7-19(14,17)18)12-10(11)2-1-5-16-12/h1-5,15H,6-8H2,(H2,14,17,18). The SMILES string of the molecule is NS(=O)(=O)CCNCc1ccc(Cl)c2cccnc12. The van der Waals surface area contributed by atoms with E-state index in [0.717, 1.165) is 16.5 Å². The number of aromatic nitrogens is 1. The van der Waals surface area contributed by atoms with E-state index in [1.165, 1.54) is 0 Å². The summed E-state index contributed by atoms with van der Waals surface area (Å²) in [4.78, 5) is 4.30. The maximum absolute atomic E-state index is 10.8. The summed E-state index contributed by atoms with van der Waals surface area (Å²) < 4.78 is 21.6. The van der Waals surface area contributed by atoms with Crippen LogP contribution < -0.4 is 10.5 Å². The fraction of sp³-hybridized carbons (Fsp3) is 0.250. The third-order valence-electron chi connectivity index (χ3n) is 2.68. The molecule has 2 rings (SSSR count). The lowest BCUT2D eigenvalue weighted by molar-refractivity contribution is 0.592. The summed E-state index contributed by atoms with van der Waals surface area (Å²) in [6.45, 7) is 0.815. The normalized spacial score (nSPS) is 11.9. The highest BCUT2D eigenvalue weighted by Gasteiger charge is 2.06. The first-order chi connectivity index (χ1) is 8.97. The van der Waals surface area contributed by atoms with Crippen molar-refractivity contribution in [3.05, 3.63) is 41.0 Å². The Kier molecular flexibility index (Phi) is 4.36. The molecule has 0 aliphatic rings. The molecular weight excluding hydrogens is 286 g/mol. The van der Waals surface area contributed by atoms with Crippen molar-refractivity contribution >= 4 is 32.5 Å². The molecule has 2 aromatic rings. The summed E-state index contributed by atoms with van der Waals surface area (Å²) in [5.41, 5.74) is 1.78. The van der Waals surface area contributed by atoms with Crippen LogP contribution in [0.3, 0.4) is 0 Å². The predicted molar refractivity (Wildman–Crippen MR) is 76.4 cm³/mol. The van der Waals surface area contributed by atoms with Crippen molar-refractivity contribution in [1.29, 1.82) is 0 Å². The zero-order chi connectivity index (χ0) is 13.9. The van der Waals surface area contributed by atoms with Gasteiger partial charge in [0.1, 0.15) is 0 Å². The van der Waals surface area contributed by atoms with Gasteiger partial charge in [-0.15, -0.1) is 0 Å². The minimum Gasteiger partial charge on any atom is -0.312 e. The lowest BCUT2D eigenvalue weighted by Crippen LogP contribution is -2.26. The Morgan fingerprint density at radius 2 is 2.11 bits per heavy atom. The van der Waals surface area contributed by atoms with Gasteiger partial charge < -0.3 is 5.32 Å². The highest BCUT2D eigenvalue weighted by Crippen LogP contribution is 2.24. The van der Waals surface area contributed by atoms with Gasteiger partial charge in [0.15, 0.2) is 0 Å². The molecule has 0 aliphatic carbocycles. The number of nitrogens with one attached hydrogen (secondary N) is 1. The van der Waals surface area contributed by atoms with Crippen LogP contribution in [0.25, 0.3) is 10.9 Å². The number of halogens is 1. The Morgan fingerprint density at radius 1 is 1.32 bits per heavy atom. The number of sulfonamides is 1. The van der Waals surface area contributed by atoms with Crippen molar-refractivity contribution in [2.24, 2.45) is 5.14 Å². The van der Waals surface area contributed by atoms with E-state index in [2.05, 4.69) is 10.3 Å². The Balaban J connectivity index is 2.11. The van der Waals surface area contributed by atoms with Gasteiger partial charge in [0.05, 0.1) is 11.3 Å². The summed E-state index contributed by atoms with van der Waals surface area (Å²) >= 11 is 6.09. The molecule has 0 spiro atoms.